The van der Waals surface area contributed by atoms with Crippen LogP contribution in [0.2, 0.25) is 0 Å². The number of rotatable bonds is 1. The molecule has 92 valence electrons. The summed E-state index contributed by atoms with van der Waals surface area (Å²) >= 11 is 0. The maximum absolute atomic E-state index is 11.5. The number of hydrogen-bond donors (Lipinski definition) is 2. The van der Waals surface area contributed by atoms with Gasteiger partial charge in [-0.3, -0.25) is 4.57 Å². The minimum absolute atomic E-state index is 0.0505. The summed E-state index contributed by atoms with van der Waals surface area (Å²) in [6.45, 7) is 0. The van der Waals surface area contributed by atoms with Crippen LogP contribution in [0.15, 0.2) is 42.5 Å². The average Bonchev–Trinajstić information content (AvgIpc) is 2.34. The van der Waals surface area contributed by atoms with Gasteiger partial charge < -0.3 is 14.5 Å². The Kier molecular flexibility index (Phi) is 2.52. The van der Waals surface area contributed by atoms with E-state index in [2.05, 4.69) is 0 Å². The fraction of sp³-hybridized carbons (Fsp3) is 0.0769. The third kappa shape index (κ3) is 1.85. The second-order valence-electron chi connectivity index (χ2n) is 4.18. The van der Waals surface area contributed by atoms with Crippen LogP contribution in [0.1, 0.15) is 11.1 Å². The molecule has 0 radical (unpaired) electrons. The molecule has 0 saturated heterocycles. The van der Waals surface area contributed by atoms with Crippen molar-refractivity contribution in [3.63, 3.8) is 0 Å². The molecule has 2 aromatic rings. The summed E-state index contributed by atoms with van der Waals surface area (Å²) in [4.78, 5) is 18.7. The Bertz CT molecular complexity index is 660. The molecule has 0 atom stereocenters. The fourth-order valence-corrected chi connectivity index (χ4v) is 2.98. The highest BCUT2D eigenvalue weighted by Crippen LogP contribution is 2.42. The molecule has 1 aliphatic heterocycles. The van der Waals surface area contributed by atoms with Crippen LogP contribution in [-0.2, 0) is 11.0 Å². The van der Waals surface area contributed by atoms with E-state index >= 15 is 0 Å². The van der Waals surface area contributed by atoms with E-state index in [-0.39, 0.29) is 5.30 Å². The standard InChI is InChI=1S/C13H11O4P/c14-18(15,16)13-7-3-6-12-10(13)8-9-4-1-2-5-11(9)17-12/h1-7H,8H2,(H2,14,15,16). The summed E-state index contributed by atoms with van der Waals surface area (Å²) in [6.07, 6.45) is 0.479. The largest absolute Gasteiger partial charge is 0.457 e. The summed E-state index contributed by atoms with van der Waals surface area (Å²) < 4.78 is 17.1. The highest BCUT2D eigenvalue weighted by molar-refractivity contribution is 7.60. The van der Waals surface area contributed by atoms with Gasteiger partial charge in [0.1, 0.15) is 11.5 Å². The van der Waals surface area contributed by atoms with Crippen LogP contribution in [0.3, 0.4) is 0 Å². The van der Waals surface area contributed by atoms with Gasteiger partial charge >= 0.3 is 7.60 Å². The maximum atomic E-state index is 11.5. The highest BCUT2D eigenvalue weighted by atomic mass is 31.2. The summed E-state index contributed by atoms with van der Waals surface area (Å²) in [7, 11) is -4.27. The van der Waals surface area contributed by atoms with Gasteiger partial charge in [-0.05, 0) is 23.8 Å². The Morgan fingerprint density at radius 3 is 2.50 bits per heavy atom. The highest BCUT2D eigenvalue weighted by Gasteiger charge is 2.27. The first-order valence-electron chi connectivity index (χ1n) is 5.49. The first-order chi connectivity index (χ1) is 8.55. The van der Waals surface area contributed by atoms with E-state index in [0.29, 0.717) is 17.7 Å². The quantitative estimate of drug-likeness (QED) is 0.660. The Labute approximate surface area is 104 Å². The monoisotopic (exact) mass is 262 g/mol. The van der Waals surface area contributed by atoms with Crippen molar-refractivity contribution in [3.05, 3.63) is 53.6 Å². The molecule has 18 heavy (non-hydrogen) atoms. The smallest absolute Gasteiger partial charge is 0.356 e. The lowest BCUT2D eigenvalue weighted by molar-refractivity contribution is 0.386. The van der Waals surface area contributed by atoms with E-state index < -0.39 is 7.60 Å². The van der Waals surface area contributed by atoms with Crippen LogP contribution in [0.4, 0.5) is 0 Å². The van der Waals surface area contributed by atoms with Crippen molar-refractivity contribution in [1.29, 1.82) is 0 Å². The predicted molar refractivity (Wildman–Crippen MR) is 67.4 cm³/mol. The van der Waals surface area contributed by atoms with E-state index in [9.17, 15) is 14.4 Å². The summed E-state index contributed by atoms with van der Waals surface area (Å²) in [5.41, 5.74) is 1.51. The molecule has 0 saturated carbocycles. The van der Waals surface area contributed by atoms with Crippen molar-refractivity contribution < 1.29 is 19.1 Å². The summed E-state index contributed by atoms with van der Waals surface area (Å²) in [5.74, 6) is 1.27. The number of para-hydroxylation sites is 1. The van der Waals surface area contributed by atoms with Crippen LogP contribution in [0, 0.1) is 0 Å². The van der Waals surface area contributed by atoms with E-state index in [4.69, 9.17) is 4.74 Å². The van der Waals surface area contributed by atoms with Crippen molar-refractivity contribution in [2.75, 3.05) is 0 Å². The molecule has 0 fully saturated rings. The van der Waals surface area contributed by atoms with Crippen molar-refractivity contribution in [2.24, 2.45) is 0 Å². The van der Waals surface area contributed by atoms with E-state index in [0.717, 1.165) is 11.3 Å². The van der Waals surface area contributed by atoms with Gasteiger partial charge in [0.2, 0.25) is 0 Å². The van der Waals surface area contributed by atoms with Gasteiger partial charge in [-0.2, -0.15) is 0 Å². The lowest BCUT2D eigenvalue weighted by atomic mass is 10.0. The third-order valence-electron chi connectivity index (χ3n) is 2.98. The van der Waals surface area contributed by atoms with Crippen LogP contribution in [-0.4, -0.2) is 9.79 Å². The molecule has 5 heteroatoms. The predicted octanol–water partition coefficient (Wildman–Crippen LogP) is 2.19. The first kappa shape index (κ1) is 11.5. The van der Waals surface area contributed by atoms with Gasteiger partial charge in [-0.25, -0.2) is 0 Å². The molecule has 0 spiro atoms. The van der Waals surface area contributed by atoms with Crippen LogP contribution in [0.25, 0.3) is 0 Å². The minimum atomic E-state index is -4.27. The zero-order chi connectivity index (χ0) is 12.8. The van der Waals surface area contributed by atoms with Crippen molar-refractivity contribution in [2.45, 2.75) is 6.42 Å². The van der Waals surface area contributed by atoms with Crippen molar-refractivity contribution in [1.82, 2.24) is 0 Å². The summed E-state index contributed by atoms with van der Waals surface area (Å²) in [5, 5.41) is 0.0505. The molecule has 2 N–H and O–H groups in total. The lowest BCUT2D eigenvalue weighted by Crippen LogP contribution is -2.15. The van der Waals surface area contributed by atoms with Gasteiger partial charge in [0.05, 0.1) is 5.30 Å². The lowest BCUT2D eigenvalue weighted by Gasteiger charge is -2.22. The van der Waals surface area contributed by atoms with Crippen molar-refractivity contribution in [3.8, 4) is 11.5 Å². The Hall–Kier alpha value is -1.61. The normalized spacial score (nSPS) is 13.4. The number of benzene rings is 2. The number of fused-ring (bicyclic) bond motifs is 2. The van der Waals surface area contributed by atoms with Crippen molar-refractivity contribution >= 4 is 12.9 Å². The molecule has 0 unspecified atom stereocenters. The number of hydrogen-bond acceptors (Lipinski definition) is 2. The molecule has 4 nitrogen and oxygen atoms in total. The Balaban J connectivity index is 2.17. The van der Waals surface area contributed by atoms with Gasteiger partial charge in [0.25, 0.3) is 0 Å². The van der Waals surface area contributed by atoms with Gasteiger partial charge in [-0.1, -0.05) is 24.3 Å². The summed E-state index contributed by atoms with van der Waals surface area (Å²) in [6, 6.07) is 12.3. The first-order valence-corrected chi connectivity index (χ1v) is 7.11. The molecule has 3 rings (SSSR count). The third-order valence-corrected chi connectivity index (χ3v) is 4.03. The van der Waals surface area contributed by atoms with Gasteiger partial charge in [0.15, 0.2) is 0 Å². The molecule has 0 aliphatic carbocycles. The molecule has 2 aromatic carbocycles. The maximum Gasteiger partial charge on any atom is 0.356 e. The topological polar surface area (TPSA) is 66.8 Å². The SMILES string of the molecule is O=P(O)(O)c1cccc2c1Cc1ccccc1O2. The molecule has 0 amide bonds. The second kappa shape index (κ2) is 3.95. The van der Waals surface area contributed by atoms with E-state index in [1.165, 1.54) is 6.07 Å². The zero-order valence-corrected chi connectivity index (χ0v) is 10.3. The molecule has 0 bridgehead atoms. The van der Waals surface area contributed by atoms with E-state index in [1.54, 1.807) is 12.1 Å². The number of ether oxygens (including phenoxy) is 1. The Morgan fingerprint density at radius 1 is 1.00 bits per heavy atom. The van der Waals surface area contributed by atoms with Gasteiger partial charge in [-0.15, -0.1) is 0 Å². The van der Waals surface area contributed by atoms with Crippen LogP contribution < -0.4 is 10.0 Å². The van der Waals surface area contributed by atoms with Gasteiger partial charge in [0, 0.05) is 12.0 Å². The Morgan fingerprint density at radius 2 is 1.72 bits per heavy atom. The molecule has 1 heterocycles. The average molecular weight is 262 g/mol. The van der Waals surface area contributed by atoms with Crippen LogP contribution >= 0.6 is 7.60 Å². The second-order valence-corrected chi connectivity index (χ2v) is 5.75. The molecular weight excluding hydrogens is 251 g/mol. The molecular formula is C13H11O4P. The molecule has 0 aromatic heterocycles. The van der Waals surface area contributed by atoms with Crippen LogP contribution in [0.5, 0.6) is 11.5 Å². The molecule has 1 aliphatic rings. The minimum Gasteiger partial charge on any atom is -0.457 e. The zero-order valence-electron chi connectivity index (χ0n) is 9.41. The fourth-order valence-electron chi connectivity index (χ4n) is 2.16. The van der Waals surface area contributed by atoms with E-state index in [1.807, 2.05) is 24.3 Å².